The zero-order valence-electron chi connectivity index (χ0n) is 10.7. The van der Waals surface area contributed by atoms with Crippen molar-refractivity contribution in [2.75, 3.05) is 19.8 Å². The molecule has 5 nitrogen and oxygen atoms in total. The minimum Gasteiger partial charge on any atom is -0.501 e. The summed E-state index contributed by atoms with van der Waals surface area (Å²) in [6.07, 6.45) is 3.82. The lowest BCUT2D eigenvalue weighted by molar-refractivity contribution is 0.171. The highest BCUT2D eigenvalue weighted by atomic mass is 16.6. The molecule has 3 N–H and O–H groups in total. The van der Waals surface area contributed by atoms with Gasteiger partial charge < -0.3 is 14.2 Å². The lowest BCUT2D eigenvalue weighted by Gasteiger charge is -2.25. The number of ether oxygens (including phenoxy) is 3. The van der Waals surface area contributed by atoms with Crippen molar-refractivity contribution in [1.82, 2.24) is 5.43 Å². The minimum absolute atomic E-state index is 0.0453. The van der Waals surface area contributed by atoms with E-state index in [1.54, 1.807) is 0 Å². The van der Waals surface area contributed by atoms with E-state index in [1.165, 1.54) is 0 Å². The third-order valence-electron chi connectivity index (χ3n) is 3.40. The largest absolute Gasteiger partial charge is 0.501 e. The molecule has 0 aromatic heterocycles. The maximum atomic E-state index is 5.69. The van der Waals surface area contributed by atoms with Gasteiger partial charge in [-0.2, -0.15) is 0 Å². The first-order chi connectivity index (χ1) is 9.38. The van der Waals surface area contributed by atoms with Crippen LogP contribution in [-0.2, 0) is 4.74 Å². The highest BCUT2D eigenvalue weighted by Crippen LogP contribution is 2.35. The molecule has 3 rings (SSSR count). The van der Waals surface area contributed by atoms with Gasteiger partial charge in [-0.3, -0.25) is 5.84 Å². The number of fused-ring (bicyclic) bond motifs is 1. The van der Waals surface area contributed by atoms with Crippen LogP contribution in [0.15, 0.2) is 30.0 Å². The SMILES string of the molecule is NNC(C1=COCCC1)c1ccc2c(c1)OCCO2. The smallest absolute Gasteiger partial charge is 0.161 e. The normalized spacial score (nSPS) is 19.3. The zero-order chi connectivity index (χ0) is 13.1. The second kappa shape index (κ2) is 5.50. The van der Waals surface area contributed by atoms with Gasteiger partial charge in [0, 0.05) is 0 Å². The van der Waals surface area contributed by atoms with Crippen molar-refractivity contribution in [3.05, 3.63) is 35.6 Å². The van der Waals surface area contributed by atoms with Gasteiger partial charge in [-0.1, -0.05) is 6.07 Å². The maximum Gasteiger partial charge on any atom is 0.161 e. The third kappa shape index (κ3) is 2.52. The predicted molar refractivity (Wildman–Crippen MR) is 70.8 cm³/mol. The Morgan fingerprint density at radius 1 is 1.11 bits per heavy atom. The van der Waals surface area contributed by atoms with Crippen LogP contribution in [0.3, 0.4) is 0 Å². The molecule has 0 saturated heterocycles. The number of hydrogen-bond acceptors (Lipinski definition) is 5. The Labute approximate surface area is 112 Å². The topological polar surface area (TPSA) is 65.7 Å². The van der Waals surface area contributed by atoms with Gasteiger partial charge in [0.25, 0.3) is 0 Å². The van der Waals surface area contributed by atoms with Crippen LogP contribution in [0.1, 0.15) is 24.4 Å². The molecule has 0 amide bonds. The highest BCUT2D eigenvalue weighted by Gasteiger charge is 2.20. The van der Waals surface area contributed by atoms with Gasteiger partial charge in [-0.25, -0.2) is 5.43 Å². The molecular formula is C14H18N2O3. The fraction of sp³-hybridized carbons (Fsp3) is 0.429. The Morgan fingerprint density at radius 3 is 2.68 bits per heavy atom. The van der Waals surface area contributed by atoms with Crippen LogP contribution in [-0.4, -0.2) is 19.8 Å². The van der Waals surface area contributed by atoms with E-state index < -0.39 is 0 Å². The van der Waals surface area contributed by atoms with Gasteiger partial charge in [0.05, 0.1) is 18.9 Å². The number of hydrazine groups is 1. The van der Waals surface area contributed by atoms with Crippen LogP contribution in [0.2, 0.25) is 0 Å². The summed E-state index contributed by atoms with van der Waals surface area (Å²) in [5.74, 6) is 7.26. The van der Waals surface area contributed by atoms with Crippen molar-refractivity contribution in [1.29, 1.82) is 0 Å². The number of nitrogens with two attached hydrogens (primary N) is 1. The van der Waals surface area contributed by atoms with Gasteiger partial charge in [0.2, 0.25) is 0 Å². The molecule has 0 spiro atoms. The summed E-state index contributed by atoms with van der Waals surface area (Å²) in [5.41, 5.74) is 5.07. The van der Waals surface area contributed by atoms with Crippen LogP contribution >= 0.6 is 0 Å². The van der Waals surface area contributed by atoms with Crippen LogP contribution in [0.5, 0.6) is 11.5 Å². The molecule has 0 bridgehead atoms. The first kappa shape index (κ1) is 12.3. The summed E-state index contributed by atoms with van der Waals surface area (Å²) in [6, 6.07) is 5.87. The van der Waals surface area contributed by atoms with Crippen molar-refractivity contribution >= 4 is 0 Å². The average Bonchev–Trinajstić information content (AvgIpc) is 2.49. The first-order valence-corrected chi connectivity index (χ1v) is 6.54. The van der Waals surface area contributed by atoms with E-state index in [2.05, 4.69) is 5.43 Å². The minimum atomic E-state index is -0.0453. The molecule has 0 aliphatic carbocycles. The molecular weight excluding hydrogens is 244 g/mol. The second-order valence-corrected chi connectivity index (χ2v) is 4.67. The number of nitrogens with one attached hydrogen (secondary N) is 1. The van der Waals surface area contributed by atoms with Crippen LogP contribution in [0, 0.1) is 0 Å². The van der Waals surface area contributed by atoms with Gasteiger partial charge in [0.1, 0.15) is 13.2 Å². The summed E-state index contributed by atoms with van der Waals surface area (Å²) < 4.78 is 16.5. The molecule has 0 fully saturated rings. The Morgan fingerprint density at radius 2 is 1.95 bits per heavy atom. The zero-order valence-corrected chi connectivity index (χ0v) is 10.7. The van der Waals surface area contributed by atoms with E-state index >= 15 is 0 Å². The Bertz CT molecular complexity index is 488. The van der Waals surface area contributed by atoms with E-state index in [1.807, 2.05) is 24.5 Å². The molecule has 19 heavy (non-hydrogen) atoms. The summed E-state index contributed by atoms with van der Waals surface area (Å²) in [5, 5.41) is 0. The molecule has 1 unspecified atom stereocenters. The number of rotatable bonds is 3. The van der Waals surface area contributed by atoms with Gasteiger partial charge >= 0.3 is 0 Å². The lowest BCUT2D eigenvalue weighted by Crippen LogP contribution is -2.30. The molecule has 102 valence electrons. The lowest BCUT2D eigenvalue weighted by atomic mass is 9.95. The predicted octanol–water partition coefficient (Wildman–Crippen LogP) is 1.66. The van der Waals surface area contributed by atoms with Crippen LogP contribution in [0.25, 0.3) is 0 Å². The number of benzene rings is 1. The van der Waals surface area contributed by atoms with Crippen molar-refractivity contribution in [3.63, 3.8) is 0 Å². The van der Waals surface area contributed by atoms with E-state index in [-0.39, 0.29) is 6.04 Å². The molecule has 1 aromatic carbocycles. The quantitative estimate of drug-likeness (QED) is 0.640. The van der Waals surface area contributed by atoms with Crippen LogP contribution < -0.4 is 20.7 Å². The molecule has 0 saturated carbocycles. The summed E-state index contributed by atoms with van der Waals surface area (Å²) >= 11 is 0. The fourth-order valence-corrected chi connectivity index (χ4v) is 2.45. The first-order valence-electron chi connectivity index (χ1n) is 6.54. The molecule has 0 radical (unpaired) electrons. The van der Waals surface area contributed by atoms with Gasteiger partial charge in [-0.15, -0.1) is 0 Å². The molecule has 1 aromatic rings. The monoisotopic (exact) mass is 262 g/mol. The van der Waals surface area contributed by atoms with E-state index in [0.717, 1.165) is 42.1 Å². The summed E-state index contributed by atoms with van der Waals surface area (Å²) in [7, 11) is 0. The molecule has 2 heterocycles. The van der Waals surface area contributed by atoms with E-state index in [4.69, 9.17) is 20.1 Å². The highest BCUT2D eigenvalue weighted by molar-refractivity contribution is 5.46. The Kier molecular flexibility index (Phi) is 3.57. The molecule has 2 aliphatic heterocycles. The number of hydrogen-bond donors (Lipinski definition) is 2. The van der Waals surface area contributed by atoms with Gasteiger partial charge in [0.15, 0.2) is 11.5 Å². The molecule has 2 aliphatic rings. The fourth-order valence-electron chi connectivity index (χ4n) is 2.45. The van der Waals surface area contributed by atoms with Crippen molar-refractivity contribution in [2.24, 2.45) is 5.84 Å². The average molecular weight is 262 g/mol. The standard InChI is InChI=1S/C14H18N2O3/c15-16-14(11-2-1-5-17-9-11)10-3-4-12-13(8-10)19-7-6-18-12/h3-4,8-9,14,16H,1-2,5-7,15H2. The van der Waals surface area contributed by atoms with Gasteiger partial charge in [-0.05, 0) is 36.1 Å². The van der Waals surface area contributed by atoms with Crippen LogP contribution in [0.4, 0.5) is 0 Å². The third-order valence-corrected chi connectivity index (χ3v) is 3.40. The molecule has 5 heteroatoms. The van der Waals surface area contributed by atoms with Crippen molar-refractivity contribution < 1.29 is 14.2 Å². The summed E-state index contributed by atoms with van der Waals surface area (Å²) in [6.45, 7) is 1.97. The van der Waals surface area contributed by atoms with E-state index in [0.29, 0.717) is 13.2 Å². The van der Waals surface area contributed by atoms with Crippen molar-refractivity contribution in [3.8, 4) is 11.5 Å². The van der Waals surface area contributed by atoms with Crippen molar-refractivity contribution in [2.45, 2.75) is 18.9 Å². The van der Waals surface area contributed by atoms with E-state index in [9.17, 15) is 0 Å². The second-order valence-electron chi connectivity index (χ2n) is 4.67. The summed E-state index contributed by atoms with van der Waals surface area (Å²) in [4.78, 5) is 0. The Hall–Kier alpha value is -1.72. The Balaban J connectivity index is 1.88. The molecule has 1 atom stereocenters. The maximum absolute atomic E-state index is 5.69.